The molecular formula is C16H13NO2. The van der Waals surface area contributed by atoms with Gasteiger partial charge in [0.15, 0.2) is 0 Å². The molecule has 0 bridgehead atoms. The second kappa shape index (κ2) is 4.05. The summed E-state index contributed by atoms with van der Waals surface area (Å²) in [7, 11) is 0. The lowest BCUT2D eigenvalue weighted by Crippen LogP contribution is -1.95. The van der Waals surface area contributed by atoms with E-state index in [1.54, 1.807) is 6.07 Å². The van der Waals surface area contributed by atoms with E-state index >= 15 is 0 Å². The SMILES string of the molecule is Cc1c([N+](=O)[O-])cc2cc3ccccc3cc2c1C. The molecule has 0 N–H and O–H groups in total. The fourth-order valence-electron chi connectivity index (χ4n) is 2.54. The van der Waals surface area contributed by atoms with Gasteiger partial charge in [-0.3, -0.25) is 10.1 Å². The van der Waals surface area contributed by atoms with E-state index in [1.165, 1.54) is 0 Å². The molecule has 0 atom stereocenters. The summed E-state index contributed by atoms with van der Waals surface area (Å²) in [4.78, 5) is 10.8. The second-order valence-corrected chi connectivity index (χ2v) is 4.82. The van der Waals surface area contributed by atoms with E-state index in [9.17, 15) is 10.1 Å². The zero-order chi connectivity index (χ0) is 13.6. The number of nitrogens with zero attached hydrogens (tertiary/aromatic N) is 1. The zero-order valence-corrected chi connectivity index (χ0v) is 10.8. The van der Waals surface area contributed by atoms with Crippen LogP contribution in [-0.4, -0.2) is 4.92 Å². The van der Waals surface area contributed by atoms with Gasteiger partial charge in [-0.1, -0.05) is 24.3 Å². The van der Waals surface area contributed by atoms with Crippen LogP contribution in [0, 0.1) is 24.0 Å². The maximum Gasteiger partial charge on any atom is 0.273 e. The molecule has 0 aliphatic carbocycles. The van der Waals surface area contributed by atoms with E-state index in [0.29, 0.717) is 0 Å². The standard InChI is InChI=1S/C16H13NO2/c1-10-11(2)16(17(18)19)9-14-7-12-5-3-4-6-13(12)8-15(10)14/h3-9H,1-2H3. The Kier molecular flexibility index (Phi) is 2.49. The average Bonchev–Trinajstić information content (AvgIpc) is 2.41. The van der Waals surface area contributed by atoms with E-state index < -0.39 is 0 Å². The molecule has 0 heterocycles. The van der Waals surface area contributed by atoms with Crippen LogP contribution in [0.1, 0.15) is 11.1 Å². The van der Waals surface area contributed by atoms with Crippen LogP contribution in [0.3, 0.4) is 0 Å². The highest BCUT2D eigenvalue weighted by Crippen LogP contribution is 2.32. The molecule has 0 fully saturated rings. The first-order chi connectivity index (χ1) is 9.08. The van der Waals surface area contributed by atoms with Crippen LogP contribution in [0.25, 0.3) is 21.5 Å². The van der Waals surface area contributed by atoms with Crippen molar-refractivity contribution in [3.8, 4) is 0 Å². The second-order valence-electron chi connectivity index (χ2n) is 4.82. The van der Waals surface area contributed by atoms with Gasteiger partial charge in [-0.25, -0.2) is 0 Å². The van der Waals surface area contributed by atoms with Gasteiger partial charge in [0.25, 0.3) is 5.69 Å². The Labute approximate surface area is 110 Å². The third-order valence-corrected chi connectivity index (χ3v) is 3.76. The lowest BCUT2D eigenvalue weighted by Gasteiger charge is -2.08. The molecule has 3 rings (SSSR count). The van der Waals surface area contributed by atoms with Gasteiger partial charge < -0.3 is 0 Å². The maximum absolute atomic E-state index is 11.1. The molecule has 3 nitrogen and oxygen atoms in total. The lowest BCUT2D eigenvalue weighted by molar-refractivity contribution is -0.385. The van der Waals surface area contributed by atoms with E-state index in [0.717, 1.165) is 32.7 Å². The van der Waals surface area contributed by atoms with Crippen molar-refractivity contribution in [3.63, 3.8) is 0 Å². The molecule has 94 valence electrons. The fourth-order valence-corrected chi connectivity index (χ4v) is 2.54. The Hall–Kier alpha value is -2.42. The Morgan fingerprint density at radius 1 is 0.895 bits per heavy atom. The fraction of sp³-hybridized carbons (Fsp3) is 0.125. The number of aryl methyl sites for hydroxylation is 1. The molecule has 19 heavy (non-hydrogen) atoms. The van der Waals surface area contributed by atoms with Crippen LogP contribution in [0.5, 0.6) is 0 Å². The zero-order valence-electron chi connectivity index (χ0n) is 10.8. The van der Waals surface area contributed by atoms with E-state index in [1.807, 2.05) is 38.1 Å². The van der Waals surface area contributed by atoms with Gasteiger partial charge in [-0.05, 0) is 53.1 Å². The van der Waals surface area contributed by atoms with Crippen LogP contribution < -0.4 is 0 Å². The number of rotatable bonds is 1. The monoisotopic (exact) mass is 251 g/mol. The first-order valence-corrected chi connectivity index (χ1v) is 6.15. The Morgan fingerprint density at radius 3 is 2.16 bits per heavy atom. The van der Waals surface area contributed by atoms with Gasteiger partial charge in [0.2, 0.25) is 0 Å². The van der Waals surface area contributed by atoms with Crippen molar-refractivity contribution in [2.75, 3.05) is 0 Å². The summed E-state index contributed by atoms with van der Waals surface area (Å²) in [5.74, 6) is 0. The third-order valence-electron chi connectivity index (χ3n) is 3.76. The maximum atomic E-state index is 11.1. The van der Waals surface area contributed by atoms with Gasteiger partial charge >= 0.3 is 0 Å². The van der Waals surface area contributed by atoms with Crippen molar-refractivity contribution in [2.45, 2.75) is 13.8 Å². The van der Waals surface area contributed by atoms with Gasteiger partial charge in [-0.2, -0.15) is 0 Å². The number of nitro groups is 1. The molecule has 0 amide bonds. The number of hydrogen-bond acceptors (Lipinski definition) is 2. The van der Waals surface area contributed by atoms with Crippen LogP contribution >= 0.6 is 0 Å². The van der Waals surface area contributed by atoms with Crippen molar-refractivity contribution in [1.82, 2.24) is 0 Å². The average molecular weight is 251 g/mol. The highest BCUT2D eigenvalue weighted by atomic mass is 16.6. The molecule has 0 aliphatic rings. The third kappa shape index (κ3) is 1.74. The van der Waals surface area contributed by atoms with Crippen LogP contribution in [-0.2, 0) is 0 Å². The van der Waals surface area contributed by atoms with E-state index in [-0.39, 0.29) is 10.6 Å². The minimum absolute atomic E-state index is 0.195. The topological polar surface area (TPSA) is 43.1 Å². The molecule has 0 aromatic heterocycles. The summed E-state index contributed by atoms with van der Waals surface area (Å²) in [6.45, 7) is 3.75. The summed E-state index contributed by atoms with van der Waals surface area (Å²) in [5, 5.41) is 15.4. The predicted octanol–water partition coefficient (Wildman–Crippen LogP) is 4.52. The number of hydrogen-bond donors (Lipinski definition) is 0. The predicted molar refractivity (Wildman–Crippen MR) is 77.6 cm³/mol. The molecule has 3 heteroatoms. The Morgan fingerprint density at radius 2 is 1.53 bits per heavy atom. The summed E-state index contributed by atoms with van der Waals surface area (Å²) in [6.07, 6.45) is 0. The molecule has 0 saturated carbocycles. The molecule has 0 saturated heterocycles. The number of fused-ring (bicyclic) bond motifs is 2. The quantitative estimate of drug-likeness (QED) is 0.362. The van der Waals surface area contributed by atoms with E-state index in [2.05, 4.69) is 12.1 Å². The molecule has 3 aromatic carbocycles. The first-order valence-electron chi connectivity index (χ1n) is 6.15. The molecule has 0 radical (unpaired) electrons. The summed E-state index contributed by atoms with van der Waals surface area (Å²) in [6, 6.07) is 13.9. The number of nitro benzene ring substituents is 1. The summed E-state index contributed by atoms with van der Waals surface area (Å²) >= 11 is 0. The minimum atomic E-state index is -0.309. The van der Waals surface area contributed by atoms with Crippen molar-refractivity contribution in [2.24, 2.45) is 0 Å². The normalized spacial score (nSPS) is 11.1. The smallest absolute Gasteiger partial charge is 0.258 e. The summed E-state index contributed by atoms with van der Waals surface area (Å²) < 4.78 is 0. The van der Waals surface area contributed by atoms with E-state index in [4.69, 9.17) is 0 Å². The minimum Gasteiger partial charge on any atom is -0.258 e. The van der Waals surface area contributed by atoms with Crippen molar-refractivity contribution >= 4 is 27.2 Å². The molecule has 3 aromatic rings. The molecule has 0 aliphatic heterocycles. The van der Waals surface area contributed by atoms with Crippen LogP contribution in [0.4, 0.5) is 5.69 Å². The van der Waals surface area contributed by atoms with Gasteiger partial charge in [-0.15, -0.1) is 0 Å². The molecule has 0 unspecified atom stereocenters. The lowest BCUT2D eigenvalue weighted by atomic mass is 9.96. The Balaban J connectivity index is 2.47. The molecule has 0 spiro atoms. The van der Waals surface area contributed by atoms with Crippen LogP contribution in [0.15, 0.2) is 42.5 Å². The first kappa shape index (κ1) is 11.7. The van der Waals surface area contributed by atoms with Crippen molar-refractivity contribution in [1.29, 1.82) is 0 Å². The highest BCUT2D eigenvalue weighted by molar-refractivity contribution is 6.01. The Bertz CT molecular complexity index is 822. The molecular weight excluding hydrogens is 238 g/mol. The van der Waals surface area contributed by atoms with Gasteiger partial charge in [0.1, 0.15) is 0 Å². The number of benzene rings is 3. The van der Waals surface area contributed by atoms with Crippen molar-refractivity contribution in [3.05, 3.63) is 63.7 Å². The van der Waals surface area contributed by atoms with Gasteiger partial charge in [0, 0.05) is 11.6 Å². The van der Waals surface area contributed by atoms with Crippen LogP contribution in [0.2, 0.25) is 0 Å². The van der Waals surface area contributed by atoms with Gasteiger partial charge in [0.05, 0.1) is 4.92 Å². The van der Waals surface area contributed by atoms with Crippen molar-refractivity contribution < 1.29 is 4.92 Å². The highest BCUT2D eigenvalue weighted by Gasteiger charge is 2.15. The summed E-state index contributed by atoms with van der Waals surface area (Å²) in [5.41, 5.74) is 1.92. The largest absolute Gasteiger partial charge is 0.273 e.